The van der Waals surface area contributed by atoms with Crippen LogP contribution < -0.4 is 0 Å². The van der Waals surface area contributed by atoms with Crippen LogP contribution in [0.2, 0.25) is 0 Å². The number of rotatable bonds is 5. The van der Waals surface area contributed by atoms with Crippen LogP contribution in [0.15, 0.2) is 60.7 Å². The number of hydrogen-bond acceptors (Lipinski definition) is 4. The first-order valence-electron chi connectivity index (χ1n) is 10.5. The van der Waals surface area contributed by atoms with Crippen molar-refractivity contribution in [2.75, 3.05) is 6.54 Å². The average molecular weight is 396 g/mol. The van der Waals surface area contributed by atoms with Crippen molar-refractivity contribution in [2.24, 2.45) is 11.8 Å². The molecule has 1 aliphatic rings. The predicted molar refractivity (Wildman–Crippen MR) is 115 cm³/mol. The molecule has 0 radical (unpaired) electrons. The van der Waals surface area contributed by atoms with E-state index in [4.69, 9.17) is 4.74 Å². The Morgan fingerprint density at radius 1 is 1.03 bits per heavy atom. The van der Waals surface area contributed by atoms with E-state index in [9.17, 15) is 9.90 Å². The van der Waals surface area contributed by atoms with Gasteiger partial charge in [-0.1, -0.05) is 60.7 Å². The zero-order valence-electron chi connectivity index (χ0n) is 18.1. The van der Waals surface area contributed by atoms with Gasteiger partial charge in [-0.2, -0.15) is 0 Å². The number of esters is 1. The van der Waals surface area contributed by atoms with Gasteiger partial charge in [0.1, 0.15) is 5.60 Å². The molecule has 0 amide bonds. The van der Waals surface area contributed by atoms with Crippen molar-refractivity contribution in [2.45, 2.75) is 58.4 Å². The summed E-state index contributed by atoms with van der Waals surface area (Å²) in [4.78, 5) is 15.6. The molecule has 0 aliphatic carbocycles. The molecular formula is C25H33NO3. The third-order valence-corrected chi connectivity index (χ3v) is 5.80. The van der Waals surface area contributed by atoms with Crippen LogP contribution in [0, 0.1) is 11.8 Å². The first-order valence-corrected chi connectivity index (χ1v) is 10.5. The minimum absolute atomic E-state index is 0.107. The Morgan fingerprint density at radius 3 is 2.10 bits per heavy atom. The van der Waals surface area contributed by atoms with Crippen molar-refractivity contribution in [3.8, 4) is 0 Å². The first kappa shape index (κ1) is 21.5. The van der Waals surface area contributed by atoms with Gasteiger partial charge in [0.2, 0.25) is 0 Å². The van der Waals surface area contributed by atoms with E-state index in [0.29, 0.717) is 6.54 Å². The van der Waals surface area contributed by atoms with Gasteiger partial charge < -0.3 is 9.84 Å². The molecule has 29 heavy (non-hydrogen) atoms. The van der Waals surface area contributed by atoms with E-state index in [1.165, 1.54) is 5.56 Å². The summed E-state index contributed by atoms with van der Waals surface area (Å²) in [6, 6.07) is 20.4. The van der Waals surface area contributed by atoms with Crippen LogP contribution in [-0.2, 0) is 9.53 Å². The summed E-state index contributed by atoms with van der Waals surface area (Å²) >= 11 is 0. The zero-order valence-corrected chi connectivity index (χ0v) is 18.1. The Balaban J connectivity index is 2.04. The van der Waals surface area contributed by atoms with Crippen molar-refractivity contribution >= 4 is 5.97 Å². The summed E-state index contributed by atoms with van der Waals surface area (Å²) in [5, 5.41) is 10.6. The number of likely N-dealkylation sites (tertiary alicyclic amines) is 1. The van der Waals surface area contributed by atoms with Gasteiger partial charge in [0, 0.05) is 24.5 Å². The lowest BCUT2D eigenvalue weighted by Crippen LogP contribution is -2.37. The maximum atomic E-state index is 13.3. The molecule has 2 aromatic carbocycles. The first-order chi connectivity index (χ1) is 13.7. The smallest absolute Gasteiger partial charge is 0.311 e. The Kier molecular flexibility index (Phi) is 6.45. The van der Waals surface area contributed by atoms with Crippen LogP contribution in [0.5, 0.6) is 0 Å². The van der Waals surface area contributed by atoms with Gasteiger partial charge in [0.15, 0.2) is 0 Å². The minimum Gasteiger partial charge on any atom is -0.460 e. The standard InChI is InChI=1S/C25H33NO3/c1-17(19-12-8-6-9-13-19)26-16-21(18(2)27)22(24(28)29-25(3,4)5)23(26)20-14-10-7-11-15-20/h6-15,17-18,21-23,27H,16H2,1-5H3/t17-,18+,21+,22+,23-/m1/s1. The SMILES string of the molecule is C[C@H](O)[C@@H]1CN([C@H](C)c2ccccc2)[C@H](c2ccccc2)[C@H]1C(=O)OC(C)(C)C. The maximum Gasteiger partial charge on any atom is 0.311 e. The van der Waals surface area contributed by atoms with E-state index in [1.807, 2.05) is 57.2 Å². The molecule has 4 heteroatoms. The minimum atomic E-state index is -0.605. The largest absolute Gasteiger partial charge is 0.460 e. The Morgan fingerprint density at radius 2 is 1.59 bits per heavy atom. The molecule has 0 unspecified atom stereocenters. The molecule has 1 aliphatic heterocycles. The topological polar surface area (TPSA) is 49.8 Å². The second-order valence-electron chi connectivity index (χ2n) is 9.10. The van der Waals surface area contributed by atoms with Gasteiger partial charge in [-0.05, 0) is 45.7 Å². The Bertz CT molecular complexity index is 798. The van der Waals surface area contributed by atoms with Gasteiger partial charge >= 0.3 is 5.97 Å². The number of aliphatic hydroxyl groups excluding tert-OH is 1. The van der Waals surface area contributed by atoms with E-state index >= 15 is 0 Å². The average Bonchev–Trinajstić information content (AvgIpc) is 3.08. The van der Waals surface area contributed by atoms with Gasteiger partial charge in [-0.25, -0.2) is 0 Å². The van der Waals surface area contributed by atoms with Crippen molar-refractivity contribution in [1.29, 1.82) is 0 Å². The van der Waals surface area contributed by atoms with E-state index in [0.717, 1.165) is 5.56 Å². The number of benzene rings is 2. The Labute approximate surface area is 174 Å². The van der Waals surface area contributed by atoms with Crippen molar-refractivity contribution in [3.05, 3.63) is 71.8 Å². The fourth-order valence-corrected chi connectivity index (χ4v) is 4.41. The lowest BCUT2D eigenvalue weighted by molar-refractivity contribution is -0.163. The summed E-state index contributed by atoms with van der Waals surface area (Å²) in [7, 11) is 0. The normalized spacial score (nSPS) is 24.8. The van der Waals surface area contributed by atoms with Crippen LogP contribution in [0.1, 0.15) is 57.8 Å². The predicted octanol–water partition coefficient (Wildman–Crippen LogP) is 4.76. The number of nitrogens with zero attached hydrogens (tertiary/aromatic N) is 1. The molecule has 1 heterocycles. The quantitative estimate of drug-likeness (QED) is 0.742. The molecule has 0 bridgehead atoms. The lowest BCUT2D eigenvalue weighted by atomic mass is 9.84. The van der Waals surface area contributed by atoms with Crippen LogP contribution >= 0.6 is 0 Å². The monoisotopic (exact) mass is 395 g/mol. The van der Waals surface area contributed by atoms with E-state index in [2.05, 4.69) is 36.1 Å². The van der Waals surface area contributed by atoms with Crippen LogP contribution in [0.3, 0.4) is 0 Å². The van der Waals surface area contributed by atoms with Crippen LogP contribution in [0.4, 0.5) is 0 Å². The molecule has 3 rings (SSSR count). The number of carbonyl (C=O) groups is 1. The van der Waals surface area contributed by atoms with Gasteiger partial charge in [-0.15, -0.1) is 0 Å². The van der Waals surface area contributed by atoms with Gasteiger partial charge in [-0.3, -0.25) is 9.69 Å². The highest BCUT2D eigenvalue weighted by atomic mass is 16.6. The molecular weight excluding hydrogens is 362 g/mol. The second kappa shape index (κ2) is 8.68. The number of aliphatic hydroxyl groups is 1. The van der Waals surface area contributed by atoms with Crippen molar-refractivity contribution < 1.29 is 14.6 Å². The third-order valence-electron chi connectivity index (χ3n) is 5.80. The molecule has 1 fully saturated rings. The van der Waals surface area contributed by atoms with Crippen LogP contribution in [0.25, 0.3) is 0 Å². The molecule has 0 aromatic heterocycles. The second-order valence-corrected chi connectivity index (χ2v) is 9.10. The molecule has 2 aromatic rings. The molecule has 4 nitrogen and oxygen atoms in total. The highest BCUT2D eigenvalue weighted by molar-refractivity contribution is 5.75. The van der Waals surface area contributed by atoms with Gasteiger partial charge in [0.05, 0.1) is 12.0 Å². The Hall–Kier alpha value is -2.17. The number of ether oxygens (including phenoxy) is 1. The molecule has 0 saturated carbocycles. The lowest BCUT2D eigenvalue weighted by Gasteiger charge is -2.34. The summed E-state index contributed by atoms with van der Waals surface area (Å²) in [5.74, 6) is -0.857. The molecule has 0 spiro atoms. The van der Waals surface area contributed by atoms with E-state index in [-0.39, 0.29) is 24.0 Å². The fraction of sp³-hybridized carbons (Fsp3) is 0.480. The summed E-state index contributed by atoms with van der Waals surface area (Å²) in [6.07, 6.45) is -0.605. The number of carbonyl (C=O) groups excluding carboxylic acids is 1. The highest BCUT2D eigenvalue weighted by Crippen LogP contribution is 2.47. The molecule has 5 atom stereocenters. The fourth-order valence-electron chi connectivity index (χ4n) is 4.41. The summed E-state index contributed by atoms with van der Waals surface area (Å²) < 4.78 is 5.81. The third kappa shape index (κ3) is 4.88. The molecule has 1 saturated heterocycles. The highest BCUT2D eigenvalue weighted by Gasteiger charge is 2.51. The summed E-state index contributed by atoms with van der Waals surface area (Å²) in [5.41, 5.74) is 1.71. The van der Waals surface area contributed by atoms with Gasteiger partial charge in [0.25, 0.3) is 0 Å². The van der Waals surface area contributed by atoms with E-state index < -0.39 is 17.6 Å². The molecule has 1 N–H and O–H groups in total. The van der Waals surface area contributed by atoms with Crippen LogP contribution in [-0.4, -0.2) is 34.2 Å². The van der Waals surface area contributed by atoms with Crippen molar-refractivity contribution in [1.82, 2.24) is 4.90 Å². The number of hydrogen-bond donors (Lipinski definition) is 1. The molecule has 156 valence electrons. The van der Waals surface area contributed by atoms with E-state index in [1.54, 1.807) is 6.92 Å². The zero-order chi connectivity index (χ0) is 21.2. The maximum absolute atomic E-state index is 13.3. The van der Waals surface area contributed by atoms with Crippen molar-refractivity contribution in [3.63, 3.8) is 0 Å². The summed E-state index contributed by atoms with van der Waals surface area (Å²) in [6.45, 7) is 10.2.